The van der Waals surface area contributed by atoms with Crippen LogP contribution in [0.25, 0.3) is 0 Å². The van der Waals surface area contributed by atoms with Crippen molar-refractivity contribution in [3.05, 3.63) is 0 Å². The lowest BCUT2D eigenvalue weighted by Gasteiger charge is -2.40. The summed E-state index contributed by atoms with van der Waals surface area (Å²) in [6.45, 7) is 13.7. The molecule has 0 atom stereocenters. The van der Waals surface area contributed by atoms with E-state index in [2.05, 4.69) is 19.2 Å². The van der Waals surface area contributed by atoms with Gasteiger partial charge in [-0.15, -0.1) is 0 Å². The number of piperazine rings is 1. The summed E-state index contributed by atoms with van der Waals surface area (Å²) < 4.78 is 6.92. The summed E-state index contributed by atoms with van der Waals surface area (Å²) in [5.74, 6) is 0. The van der Waals surface area contributed by atoms with E-state index in [-0.39, 0.29) is 0 Å². The van der Waals surface area contributed by atoms with E-state index in [9.17, 15) is 0 Å². The van der Waals surface area contributed by atoms with Crippen LogP contribution in [0.5, 0.6) is 0 Å². The van der Waals surface area contributed by atoms with Crippen molar-refractivity contribution in [3.63, 3.8) is 0 Å². The third kappa shape index (κ3) is 4.49. The Balaban J connectivity index is 2.15. The van der Waals surface area contributed by atoms with Gasteiger partial charge in [0.1, 0.15) is 6.54 Å². The first-order valence-electron chi connectivity index (χ1n) is 6.46. The highest BCUT2D eigenvalue weighted by atomic mass is 16.5. The van der Waals surface area contributed by atoms with Gasteiger partial charge in [-0.25, -0.2) is 0 Å². The Morgan fingerprint density at radius 3 is 2.47 bits per heavy atom. The molecule has 1 aliphatic rings. The Morgan fingerprint density at radius 2 is 1.87 bits per heavy atom. The van der Waals surface area contributed by atoms with Gasteiger partial charge in [0.25, 0.3) is 0 Å². The van der Waals surface area contributed by atoms with Gasteiger partial charge in [0.05, 0.1) is 26.2 Å². The first kappa shape index (κ1) is 12.9. The molecule has 0 aromatic carbocycles. The number of likely N-dealkylation sites (N-methyl/N-ethyl adjacent to an activating group) is 1. The lowest BCUT2D eigenvalue weighted by Crippen LogP contribution is -2.59. The average molecular weight is 215 g/mol. The van der Waals surface area contributed by atoms with Gasteiger partial charge in [-0.1, -0.05) is 13.3 Å². The van der Waals surface area contributed by atoms with Crippen LogP contribution < -0.4 is 5.32 Å². The van der Waals surface area contributed by atoms with Crippen LogP contribution in [-0.2, 0) is 4.74 Å². The smallest absolute Gasteiger partial charge is 0.102 e. The molecule has 0 aliphatic carbocycles. The highest BCUT2D eigenvalue weighted by molar-refractivity contribution is 4.56. The van der Waals surface area contributed by atoms with Crippen LogP contribution in [0.1, 0.15) is 26.7 Å². The zero-order chi connectivity index (χ0) is 11.0. The number of quaternary nitrogens is 1. The van der Waals surface area contributed by atoms with E-state index in [1.165, 1.54) is 56.6 Å². The fourth-order valence-electron chi connectivity index (χ4n) is 2.17. The van der Waals surface area contributed by atoms with Crippen molar-refractivity contribution in [2.75, 3.05) is 52.5 Å². The van der Waals surface area contributed by atoms with Crippen molar-refractivity contribution in [1.82, 2.24) is 5.32 Å². The molecule has 1 heterocycles. The normalized spacial score (nSPS) is 20.4. The number of hydrogen-bond donors (Lipinski definition) is 1. The van der Waals surface area contributed by atoms with Gasteiger partial charge in [0.2, 0.25) is 0 Å². The molecule has 0 radical (unpaired) electrons. The number of hydrogen-bond acceptors (Lipinski definition) is 2. The number of unbranched alkanes of at least 4 members (excludes halogenated alkanes) is 1. The predicted octanol–water partition coefficient (Wildman–Crippen LogP) is 1.24. The van der Waals surface area contributed by atoms with Crippen LogP contribution in [0, 0.1) is 0 Å². The molecular formula is C12H27N2O+. The molecule has 90 valence electrons. The molecule has 0 spiro atoms. The highest BCUT2D eigenvalue weighted by Gasteiger charge is 2.26. The molecule has 0 bridgehead atoms. The monoisotopic (exact) mass is 215 g/mol. The molecule has 3 heteroatoms. The second-order valence-corrected chi connectivity index (χ2v) is 4.54. The van der Waals surface area contributed by atoms with E-state index < -0.39 is 0 Å². The minimum absolute atomic E-state index is 0.938. The molecule has 15 heavy (non-hydrogen) atoms. The third-order valence-electron chi connectivity index (χ3n) is 3.55. The van der Waals surface area contributed by atoms with E-state index in [0.717, 1.165) is 13.2 Å². The van der Waals surface area contributed by atoms with Crippen molar-refractivity contribution in [2.24, 2.45) is 0 Å². The molecule has 1 saturated heterocycles. The number of nitrogens with one attached hydrogen (secondary N) is 1. The molecule has 1 rings (SSSR count). The topological polar surface area (TPSA) is 21.3 Å². The van der Waals surface area contributed by atoms with Crippen LogP contribution in [0.4, 0.5) is 0 Å². The summed E-state index contributed by atoms with van der Waals surface area (Å²) in [6.07, 6.45) is 2.44. The Labute approximate surface area is 94.4 Å². The maximum absolute atomic E-state index is 5.67. The van der Waals surface area contributed by atoms with E-state index in [1.54, 1.807) is 0 Å². The van der Waals surface area contributed by atoms with Crippen molar-refractivity contribution in [3.8, 4) is 0 Å². The average Bonchev–Trinajstić information content (AvgIpc) is 2.30. The fraction of sp³-hybridized carbons (Fsp3) is 1.00. The van der Waals surface area contributed by atoms with Gasteiger partial charge < -0.3 is 14.5 Å². The van der Waals surface area contributed by atoms with Gasteiger partial charge in [-0.05, 0) is 13.3 Å². The maximum atomic E-state index is 5.67. The van der Waals surface area contributed by atoms with E-state index in [1.807, 2.05) is 0 Å². The molecule has 0 aromatic heterocycles. The van der Waals surface area contributed by atoms with Crippen molar-refractivity contribution >= 4 is 0 Å². The molecular weight excluding hydrogens is 188 g/mol. The molecule has 1 N–H and O–H groups in total. The van der Waals surface area contributed by atoms with Crippen LogP contribution in [-0.4, -0.2) is 57.0 Å². The minimum Gasteiger partial charge on any atom is -0.376 e. The lowest BCUT2D eigenvalue weighted by molar-refractivity contribution is -0.928. The zero-order valence-corrected chi connectivity index (χ0v) is 10.4. The fourth-order valence-corrected chi connectivity index (χ4v) is 2.17. The van der Waals surface area contributed by atoms with Crippen molar-refractivity contribution < 1.29 is 9.22 Å². The zero-order valence-electron chi connectivity index (χ0n) is 10.4. The van der Waals surface area contributed by atoms with Gasteiger partial charge in [-0.2, -0.15) is 0 Å². The first-order valence-corrected chi connectivity index (χ1v) is 6.46. The van der Waals surface area contributed by atoms with Crippen LogP contribution in [0.15, 0.2) is 0 Å². The minimum atomic E-state index is 0.938. The summed E-state index contributed by atoms with van der Waals surface area (Å²) in [7, 11) is 0. The molecule has 0 unspecified atom stereocenters. The molecule has 1 aliphatic heterocycles. The summed E-state index contributed by atoms with van der Waals surface area (Å²) >= 11 is 0. The standard InChI is InChI=1S/C12H27N2O/c1-3-5-11-15-12-10-14(4-2)8-6-13-7-9-14/h13H,3-12H2,1-2H3/q+1. The lowest BCUT2D eigenvalue weighted by atomic mass is 10.2. The molecule has 0 aromatic rings. The predicted molar refractivity (Wildman–Crippen MR) is 64.0 cm³/mol. The van der Waals surface area contributed by atoms with Gasteiger partial charge >= 0.3 is 0 Å². The van der Waals surface area contributed by atoms with E-state index in [4.69, 9.17) is 4.74 Å². The van der Waals surface area contributed by atoms with Crippen molar-refractivity contribution in [1.29, 1.82) is 0 Å². The number of rotatable bonds is 7. The number of nitrogens with zero attached hydrogens (tertiary/aromatic N) is 1. The van der Waals surface area contributed by atoms with Crippen LogP contribution in [0.2, 0.25) is 0 Å². The second kappa shape index (κ2) is 7.20. The highest BCUT2D eigenvalue weighted by Crippen LogP contribution is 2.08. The molecule has 1 fully saturated rings. The van der Waals surface area contributed by atoms with Gasteiger partial charge in [0, 0.05) is 19.7 Å². The van der Waals surface area contributed by atoms with Gasteiger partial charge in [-0.3, -0.25) is 0 Å². The van der Waals surface area contributed by atoms with Gasteiger partial charge in [0.15, 0.2) is 0 Å². The Bertz CT molecular complexity index is 156. The summed E-state index contributed by atoms with van der Waals surface area (Å²) in [5.41, 5.74) is 0. The second-order valence-electron chi connectivity index (χ2n) is 4.54. The third-order valence-corrected chi connectivity index (χ3v) is 3.55. The molecule has 3 nitrogen and oxygen atoms in total. The summed E-state index contributed by atoms with van der Waals surface area (Å²) in [6, 6.07) is 0. The quantitative estimate of drug-likeness (QED) is 0.510. The SMILES string of the molecule is CCCCOCC[N+]1(CC)CCNCC1. The Morgan fingerprint density at radius 1 is 1.13 bits per heavy atom. The van der Waals surface area contributed by atoms with Crippen LogP contribution in [0.3, 0.4) is 0 Å². The van der Waals surface area contributed by atoms with Crippen molar-refractivity contribution in [2.45, 2.75) is 26.7 Å². The van der Waals surface area contributed by atoms with E-state index in [0.29, 0.717) is 0 Å². The summed E-state index contributed by atoms with van der Waals surface area (Å²) in [5, 5.41) is 3.43. The molecule has 0 amide bonds. The first-order chi connectivity index (χ1) is 7.33. The van der Waals surface area contributed by atoms with Crippen LogP contribution >= 0.6 is 0 Å². The summed E-state index contributed by atoms with van der Waals surface area (Å²) in [4.78, 5) is 0. The maximum Gasteiger partial charge on any atom is 0.102 e. The Kier molecular flexibility index (Phi) is 6.22. The van der Waals surface area contributed by atoms with E-state index >= 15 is 0 Å². The number of ether oxygens (including phenoxy) is 1. The largest absolute Gasteiger partial charge is 0.376 e. The Hall–Kier alpha value is -0.120. The molecule has 0 saturated carbocycles.